The maximum atomic E-state index is 5.52. The van der Waals surface area contributed by atoms with Crippen LogP contribution in [0.3, 0.4) is 0 Å². The third kappa shape index (κ3) is 4.98. The quantitative estimate of drug-likeness (QED) is 0.152. The van der Waals surface area contributed by atoms with Gasteiger partial charge in [-0.05, 0) is 88.2 Å². The normalized spacial score (nSPS) is 14.4. The highest BCUT2D eigenvalue weighted by molar-refractivity contribution is 6.13. The molecule has 2 nitrogen and oxygen atoms in total. The summed E-state index contributed by atoms with van der Waals surface area (Å²) in [7, 11) is 0. The molecule has 8 aromatic rings. The summed E-state index contributed by atoms with van der Waals surface area (Å²) in [6.45, 7) is 4.39. The topological polar surface area (TPSA) is 17.3 Å². The van der Waals surface area contributed by atoms with Gasteiger partial charge in [0.15, 0.2) is 0 Å². The molecule has 0 fully saturated rings. The molecule has 244 valence electrons. The number of hydrogen-bond donors (Lipinski definition) is 0. The minimum atomic E-state index is -0.449. The molecule has 0 saturated heterocycles. The van der Waals surface area contributed by atoms with Crippen molar-refractivity contribution < 1.29 is 0 Å². The van der Waals surface area contributed by atoms with E-state index in [0.717, 1.165) is 11.3 Å². The molecule has 9 rings (SSSR count). The lowest BCUT2D eigenvalue weighted by molar-refractivity contribution is 0.614. The van der Waals surface area contributed by atoms with Crippen LogP contribution >= 0.6 is 0 Å². The van der Waals surface area contributed by atoms with E-state index in [0.29, 0.717) is 0 Å². The van der Waals surface area contributed by atoms with Crippen LogP contribution in [0, 0.1) is 0 Å². The Morgan fingerprint density at radius 1 is 0.529 bits per heavy atom. The number of para-hydroxylation sites is 1. The summed E-state index contributed by atoms with van der Waals surface area (Å²) in [4.78, 5) is 5.52. The van der Waals surface area contributed by atoms with Crippen LogP contribution in [0.25, 0.3) is 38.5 Å². The minimum absolute atomic E-state index is 0.176. The fraction of sp³-hybridized carbons (Fsp3) is 0.0816. The summed E-state index contributed by atoms with van der Waals surface area (Å²) in [5.74, 6) is 0. The fourth-order valence-corrected chi connectivity index (χ4v) is 8.39. The summed E-state index contributed by atoms with van der Waals surface area (Å²) >= 11 is 0. The van der Waals surface area contributed by atoms with Gasteiger partial charge in [-0.25, -0.2) is 0 Å². The average Bonchev–Trinajstić information content (AvgIpc) is 3.68. The Morgan fingerprint density at radius 2 is 1.08 bits per heavy atom. The molecule has 0 N–H and O–H groups in total. The molecule has 1 aromatic heterocycles. The first-order valence-corrected chi connectivity index (χ1v) is 17.8. The van der Waals surface area contributed by atoms with Crippen molar-refractivity contribution in [3.05, 3.63) is 221 Å². The number of fused-ring (bicyclic) bond motifs is 6. The van der Waals surface area contributed by atoms with E-state index in [9.17, 15) is 0 Å². The average molecular weight is 655 g/mol. The predicted octanol–water partition coefficient (Wildman–Crippen LogP) is 12.3. The zero-order valence-electron chi connectivity index (χ0n) is 28.9. The van der Waals surface area contributed by atoms with Crippen molar-refractivity contribution in [1.82, 2.24) is 4.57 Å². The van der Waals surface area contributed by atoms with Crippen LogP contribution in [-0.2, 0) is 5.41 Å². The minimum Gasteiger partial charge on any atom is -0.318 e. The van der Waals surface area contributed by atoms with Gasteiger partial charge in [0.2, 0.25) is 0 Å². The number of aromatic nitrogens is 1. The smallest absolute Gasteiger partial charge is 0.123 e. The van der Waals surface area contributed by atoms with Gasteiger partial charge >= 0.3 is 0 Å². The zero-order valence-corrected chi connectivity index (χ0v) is 28.9. The Kier molecular flexibility index (Phi) is 7.59. The van der Waals surface area contributed by atoms with Crippen LogP contribution in [0.4, 0.5) is 0 Å². The standard InChI is InChI=1S/C49H38N2/c1-34(36-19-7-3-8-20-36)31-46(37-21-9-4-10-22-37)50-35(2)51-47-30-18-16-28-41(47)43-32-45-42(33-48(43)51)40-27-15-17-29-44(40)49(45,38-23-11-5-12-24-38)39-25-13-6-14-26-39/h3-33,35H,1-2H3/b34-31+,50-46+. The van der Waals surface area contributed by atoms with Crippen LogP contribution < -0.4 is 0 Å². The van der Waals surface area contributed by atoms with Gasteiger partial charge in [0.25, 0.3) is 0 Å². The maximum absolute atomic E-state index is 5.52. The molecular formula is C49H38N2. The van der Waals surface area contributed by atoms with Crippen molar-refractivity contribution in [3.8, 4) is 11.1 Å². The molecule has 0 radical (unpaired) electrons. The first kappa shape index (κ1) is 30.8. The Bertz CT molecular complexity index is 2540. The van der Waals surface area contributed by atoms with Crippen molar-refractivity contribution in [3.63, 3.8) is 0 Å². The third-order valence-corrected chi connectivity index (χ3v) is 10.6. The van der Waals surface area contributed by atoms with Crippen molar-refractivity contribution >= 4 is 33.1 Å². The van der Waals surface area contributed by atoms with Crippen molar-refractivity contribution in [2.45, 2.75) is 25.4 Å². The van der Waals surface area contributed by atoms with E-state index >= 15 is 0 Å². The molecule has 2 heteroatoms. The van der Waals surface area contributed by atoms with Crippen molar-refractivity contribution in [2.75, 3.05) is 0 Å². The van der Waals surface area contributed by atoms with Crippen LogP contribution in [0.15, 0.2) is 193 Å². The van der Waals surface area contributed by atoms with Gasteiger partial charge in [0, 0.05) is 10.8 Å². The second kappa shape index (κ2) is 12.6. The highest BCUT2D eigenvalue weighted by Crippen LogP contribution is 2.57. The van der Waals surface area contributed by atoms with E-state index in [4.69, 9.17) is 4.99 Å². The highest BCUT2D eigenvalue weighted by atomic mass is 15.1. The predicted molar refractivity (Wildman–Crippen MR) is 215 cm³/mol. The number of rotatable bonds is 7. The summed E-state index contributed by atoms with van der Waals surface area (Å²) in [5, 5.41) is 2.48. The second-order valence-electron chi connectivity index (χ2n) is 13.5. The summed E-state index contributed by atoms with van der Waals surface area (Å²) in [6, 6.07) is 65.9. The zero-order chi connectivity index (χ0) is 34.4. The molecule has 1 atom stereocenters. The van der Waals surface area contributed by atoms with Crippen LogP contribution in [-0.4, -0.2) is 10.3 Å². The van der Waals surface area contributed by atoms with Gasteiger partial charge in [-0.15, -0.1) is 0 Å². The number of nitrogens with zero attached hydrogens (tertiary/aromatic N) is 2. The monoisotopic (exact) mass is 654 g/mol. The molecule has 0 bridgehead atoms. The van der Waals surface area contributed by atoms with Gasteiger partial charge in [0.1, 0.15) is 6.17 Å². The Balaban J connectivity index is 1.31. The molecule has 51 heavy (non-hydrogen) atoms. The molecule has 1 aliphatic rings. The van der Waals surface area contributed by atoms with Crippen LogP contribution in [0.5, 0.6) is 0 Å². The highest BCUT2D eigenvalue weighted by Gasteiger charge is 2.46. The first-order valence-electron chi connectivity index (χ1n) is 17.8. The SMILES string of the molecule is C/C(=C\C(=N/C(C)n1c2ccccc2c2cc3c(cc21)-c1ccccc1C3(c1ccccc1)c1ccccc1)c1ccccc1)c1ccccc1. The maximum Gasteiger partial charge on any atom is 0.123 e. The van der Waals surface area contributed by atoms with E-state index < -0.39 is 5.41 Å². The molecule has 0 amide bonds. The van der Waals surface area contributed by atoms with Crippen molar-refractivity contribution in [1.29, 1.82) is 0 Å². The molecule has 1 heterocycles. The molecule has 0 aliphatic heterocycles. The van der Waals surface area contributed by atoms with Gasteiger partial charge < -0.3 is 4.57 Å². The molecule has 1 aliphatic carbocycles. The molecule has 0 saturated carbocycles. The van der Waals surface area contributed by atoms with Crippen LogP contribution in [0.1, 0.15) is 53.4 Å². The molecule has 0 spiro atoms. The summed E-state index contributed by atoms with van der Waals surface area (Å²) in [5.41, 5.74) is 14.1. The number of allylic oxidation sites excluding steroid dienone is 2. The summed E-state index contributed by atoms with van der Waals surface area (Å²) < 4.78 is 2.44. The third-order valence-electron chi connectivity index (χ3n) is 10.6. The number of benzene rings is 7. The number of aliphatic imine (C=N–C) groups is 1. The Labute approximate surface area is 299 Å². The lowest BCUT2D eigenvalue weighted by Gasteiger charge is -2.34. The van der Waals surface area contributed by atoms with E-state index in [2.05, 4.69) is 206 Å². The number of hydrogen-bond acceptors (Lipinski definition) is 1. The largest absolute Gasteiger partial charge is 0.318 e. The van der Waals surface area contributed by atoms with E-state index in [1.54, 1.807) is 0 Å². The van der Waals surface area contributed by atoms with Crippen molar-refractivity contribution in [2.24, 2.45) is 4.99 Å². The lowest BCUT2D eigenvalue weighted by atomic mass is 9.67. The molecule has 1 unspecified atom stereocenters. The fourth-order valence-electron chi connectivity index (χ4n) is 8.39. The van der Waals surface area contributed by atoms with Gasteiger partial charge in [-0.2, -0.15) is 0 Å². The van der Waals surface area contributed by atoms with E-state index in [1.165, 1.54) is 66.3 Å². The van der Waals surface area contributed by atoms with E-state index in [1.807, 2.05) is 0 Å². The van der Waals surface area contributed by atoms with Gasteiger partial charge in [-0.3, -0.25) is 4.99 Å². The lowest BCUT2D eigenvalue weighted by Crippen LogP contribution is -2.28. The first-order chi connectivity index (χ1) is 25.1. The molecule has 7 aromatic carbocycles. The summed E-state index contributed by atoms with van der Waals surface area (Å²) in [6.07, 6.45) is 2.06. The second-order valence-corrected chi connectivity index (χ2v) is 13.5. The molecular weight excluding hydrogens is 617 g/mol. The van der Waals surface area contributed by atoms with Crippen LogP contribution in [0.2, 0.25) is 0 Å². The Morgan fingerprint density at radius 3 is 1.75 bits per heavy atom. The van der Waals surface area contributed by atoms with Gasteiger partial charge in [-0.1, -0.05) is 164 Å². The van der Waals surface area contributed by atoms with E-state index in [-0.39, 0.29) is 6.17 Å². The van der Waals surface area contributed by atoms with Gasteiger partial charge in [0.05, 0.1) is 22.2 Å². The Hall–Kier alpha value is -6.25.